The van der Waals surface area contributed by atoms with Gasteiger partial charge in [0.25, 0.3) is 0 Å². The number of nitriles is 1. The molecule has 5 rings (SSSR count). The van der Waals surface area contributed by atoms with Crippen molar-refractivity contribution in [3.63, 3.8) is 0 Å². The summed E-state index contributed by atoms with van der Waals surface area (Å²) in [6, 6.07) is 17.9. The number of nitrogens with two attached hydrogens (primary N) is 1. The summed E-state index contributed by atoms with van der Waals surface area (Å²) in [5.74, 6) is 1.85. The third-order valence-electron chi connectivity index (χ3n) is 5.89. The first kappa shape index (κ1) is 20.4. The zero-order valence-corrected chi connectivity index (χ0v) is 18.5. The van der Waals surface area contributed by atoms with Gasteiger partial charge in [-0.1, -0.05) is 12.1 Å². The molecule has 2 aromatic carbocycles. The van der Waals surface area contributed by atoms with Crippen molar-refractivity contribution in [2.24, 2.45) is 12.8 Å². The lowest BCUT2D eigenvalue weighted by Crippen LogP contribution is -2.21. The maximum Gasteiger partial charge on any atom is 0.224 e. The van der Waals surface area contributed by atoms with Crippen molar-refractivity contribution in [1.82, 2.24) is 19.3 Å². The highest BCUT2D eigenvalue weighted by molar-refractivity contribution is 5.71. The first-order valence-corrected chi connectivity index (χ1v) is 10.4. The first-order chi connectivity index (χ1) is 16.0. The Morgan fingerprint density at radius 1 is 1.12 bits per heavy atom. The number of aryl methyl sites for hydroxylation is 2. The molecule has 0 saturated carbocycles. The van der Waals surface area contributed by atoms with E-state index >= 15 is 0 Å². The second kappa shape index (κ2) is 7.88. The van der Waals surface area contributed by atoms with E-state index in [1.807, 2.05) is 66.2 Å². The lowest BCUT2D eigenvalue weighted by Gasteiger charge is -2.25. The van der Waals surface area contributed by atoms with Gasteiger partial charge in [-0.2, -0.15) is 10.4 Å². The molecule has 0 bridgehead atoms. The molecule has 8 heteroatoms. The van der Waals surface area contributed by atoms with Gasteiger partial charge in [0.1, 0.15) is 28.9 Å². The minimum atomic E-state index is -0.414. The van der Waals surface area contributed by atoms with E-state index < -0.39 is 5.92 Å². The van der Waals surface area contributed by atoms with Crippen LogP contribution < -0.4 is 15.2 Å². The summed E-state index contributed by atoms with van der Waals surface area (Å²) < 4.78 is 14.8. The van der Waals surface area contributed by atoms with E-state index in [1.54, 1.807) is 25.0 Å². The maximum atomic E-state index is 9.97. The van der Waals surface area contributed by atoms with Crippen LogP contribution in [-0.4, -0.2) is 26.4 Å². The fraction of sp³-hybridized carbons (Fsp3) is 0.160. The number of methoxy groups -OCH3 is 1. The van der Waals surface area contributed by atoms with Crippen LogP contribution in [0, 0.1) is 18.3 Å². The Kier molecular flexibility index (Phi) is 4.87. The van der Waals surface area contributed by atoms with Crippen LogP contribution in [0.15, 0.2) is 72.4 Å². The third kappa shape index (κ3) is 3.31. The molecule has 2 N–H and O–H groups in total. The number of aromatic nitrogens is 4. The van der Waals surface area contributed by atoms with E-state index in [4.69, 9.17) is 20.3 Å². The van der Waals surface area contributed by atoms with Gasteiger partial charge in [-0.25, -0.2) is 9.67 Å². The largest absolute Gasteiger partial charge is 0.497 e. The normalized spacial score (nSPS) is 15.0. The molecular weight excluding hydrogens is 416 g/mol. The Bertz CT molecular complexity index is 1400. The average molecular weight is 438 g/mol. The minimum Gasteiger partial charge on any atom is -0.497 e. The zero-order valence-electron chi connectivity index (χ0n) is 18.5. The summed E-state index contributed by atoms with van der Waals surface area (Å²) in [5, 5.41) is 14.7. The number of hydrogen-bond donors (Lipinski definition) is 1. The van der Waals surface area contributed by atoms with Gasteiger partial charge < -0.3 is 19.8 Å². The standard InChI is InChI=1S/C25H22N6O2/c1-15-28-12-13-31(15)18-8-4-16(5-9-18)21-20(14-26)24(27)33-25-22(21)23(29-30(25)2)17-6-10-19(32-3)11-7-17/h4-13,21H,27H2,1-3H3. The van der Waals surface area contributed by atoms with Crippen molar-refractivity contribution in [3.8, 4) is 34.6 Å². The minimum absolute atomic E-state index is 0.0915. The van der Waals surface area contributed by atoms with Gasteiger partial charge in [-0.3, -0.25) is 0 Å². The SMILES string of the molecule is COc1ccc(-c2nn(C)c3c2C(c2ccc(-n4ccnc4C)cc2)C(C#N)=C(N)O3)cc1. The topological polar surface area (TPSA) is 104 Å². The number of hydrogen-bond acceptors (Lipinski definition) is 6. The smallest absolute Gasteiger partial charge is 0.224 e. The fourth-order valence-electron chi connectivity index (χ4n) is 4.25. The van der Waals surface area contributed by atoms with E-state index in [9.17, 15) is 5.26 Å². The van der Waals surface area contributed by atoms with Crippen LogP contribution in [0.1, 0.15) is 22.9 Å². The first-order valence-electron chi connectivity index (χ1n) is 10.4. The van der Waals surface area contributed by atoms with Crippen LogP contribution in [-0.2, 0) is 7.05 Å². The van der Waals surface area contributed by atoms with Crippen molar-refractivity contribution in [2.45, 2.75) is 12.8 Å². The maximum absolute atomic E-state index is 9.97. The molecule has 0 aliphatic carbocycles. The summed E-state index contributed by atoms with van der Waals surface area (Å²) in [4.78, 5) is 4.29. The summed E-state index contributed by atoms with van der Waals surface area (Å²) in [6.07, 6.45) is 3.68. The molecule has 1 aliphatic heterocycles. The highest BCUT2D eigenvalue weighted by Gasteiger charge is 2.36. The van der Waals surface area contributed by atoms with E-state index in [0.29, 0.717) is 11.5 Å². The molecule has 0 radical (unpaired) electrons. The number of ether oxygens (including phenoxy) is 2. The van der Waals surface area contributed by atoms with Crippen molar-refractivity contribution in [1.29, 1.82) is 5.26 Å². The molecule has 1 unspecified atom stereocenters. The van der Waals surface area contributed by atoms with Crippen LogP contribution in [0.2, 0.25) is 0 Å². The molecular formula is C25H22N6O2. The molecule has 3 heterocycles. The monoisotopic (exact) mass is 438 g/mol. The third-order valence-corrected chi connectivity index (χ3v) is 5.89. The number of fused-ring (bicyclic) bond motifs is 1. The second-order valence-corrected chi connectivity index (χ2v) is 7.78. The summed E-state index contributed by atoms with van der Waals surface area (Å²) >= 11 is 0. The van der Waals surface area contributed by atoms with Gasteiger partial charge >= 0.3 is 0 Å². The molecule has 0 spiro atoms. The average Bonchev–Trinajstić information content (AvgIpc) is 3.41. The van der Waals surface area contributed by atoms with Crippen LogP contribution in [0.5, 0.6) is 11.6 Å². The van der Waals surface area contributed by atoms with E-state index in [2.05, 4.69) is 11.1 Å². The molecule has 0 saturated heterocycles. The van der Waals surface area contributed by atoms with Crippen LogP contribution in [0.3, 0.4) is 0 Å². The molecule has 0 fully saturated rings. The van der Waals surface area contributed by atoms with Gasteiger partial charge in [-0.05, 0) is 48.9 Å². The number of benzene rings is 2. The number of allylic oxidation sites excluding steroid dienone is 1. The predicted molar refractivity (Wildman–Crippen MR) is 123 cm³/mol. The van der Waals surface area contributed by atoms with Gasteiger partial charge in [0.15, 0.2) is 0 Å². The van der Waals surface area contributed by atoms with Crippen molar-refractivity contribution in [2.75, 3.05) is 7.11 Å². The number of imidazole rings is 1. The van der Waals surface area contributed by atoms with Crippen molar-refractivity contribution < 1.29 is 9.47 Å². The summed E-state index contributed by atoms with van der Waals surface area (Å²) in [7, 11) is 3.43. The molecule has 2 aromatic heterocycles. The van der Waals surface area contributed by atoms with Crippen LogP contribution >= 0.6 is 0 Å². The van der Waals surface area contributed by atoms with Gasteiger partial charge in [0.2, 0.25) is 11.8 Å². The predicted octanol–water partition coefficient (Wildman–Crippen LogP) is 3.81. The highest BCUT2D eigenvalue weighted by atomic mass is 16.5. The Balaban J connectivity index is 1.66. The molecule has 33 heavy (non-hydrogen) atoms. The van der Waals surface area contributed by atoms with E-state index in [-0.39, 0.29) is 5.88 Å². The van der Waals surface area contributed by atoms with Crippen LogP contribution in [0.25, 0.3) is 16.9 Å². The zero-order chi connectivity index (χ0) is 23.1. The quantitative estimate of drug-likeness (QED) is 0.520. The van der Waals surface area contributed by atoms with Crippen LogP contribution in [0.4, 0.5) is 0 Å². The van der Waals surface area contributed by atoms with Crippen molar-refractivity contribution in [3.05, 3.63) is 89.3 Å². The lowest BCUT2D eigenvalue weighted by molar-refractivity contribution is 0.358. The van der Waals surface area contributed by atoms with Crippen molar-refractivity contribution >= 4 is 0 Å². The van der Waals surface area contributed by atoms with Gasteiger partial charge in [-0.15, -0.1) is 0 Å². The molecule has 8 nitrogen and oxygen atoms in total. The number of rotatable bonds is 4. The molecule has 164 valence electrons. The molecule has 1 atom stereocenters. The Morgan fingerprint density at radius 3 is 2.45 bits per heavy atom. The molecule has 0 amide bonds. The second-order valence-electron chi connectivity index (χ2n) is 7.78. The van der Waals surface area contributed by atoms with E-state index in [0.717, 1.165) is 39.6 Å². The number of nitrogens with zero attached hydrogens (tertiary/aromatic N) is 5. The van der Waals surface area contributed by atoms with Gasteiger partial charge in [0, 0.05) is 30.7 Å². The Hall–Kier alpha value is -4.51. The lowest BCUT2D eigenvalue weighted by atomic mass is 9.83. The summed E-state index contributed by atoms with van der Waals surface area (Å²) in [5.41, 5.74) is 10.9. The Labute approximate surface area is 191 Å². The van der Waals surface area contributed by atoms with E-state index in [1.165, 1.54) is 0 Å². The highest BCUT2D eigenvalue weighted by Crippen LogP contribution is 2.46. The fourth-order valence-corrected chi connectivity index (χ4v) is 4.25. The van der Waals surface area contributed by atoms with Gasteiger partial charge in [0.05, 0.1) is 18.6 Å². The molecule has 1 aliphatic rings. The summed E-state index contributed by atoms with van der Waals surface area (Å²) in [6.45, 7) is 1.95. The Morgan fingerprint density at radius 2 is 1.85 bits per heavy atom. The molecule has 4 aromatic rings.